The molecular formula is C16H25ClN2. The molecule has 1 aliphatic rings. The van der Waals surface area contributed by atoms with Gasteiger partial charge in [-0.2, -0.15) is 0 Å². The Morgan fingerprint density at radius 2 is 2.05 bits per heavy atom. The zero-order valence-electron chi connectivity index (χ0n) is 11.9. The Labute approximate surface area is 122 Å². The summed E-state index contributed by atoms with van der Waals surface area (Å²) in [4.78, 5) is 2.62. The van der Waals surface area contributed by atoms with Crippen molar-refractivity contribution in [2.75, 3.05) is 19.6 Å². The maximum atomic E-state index is 5.94. The first kappa shape index (κ1) is 14.8. The third kappa shape index (κ3) is 4.79. The molecule has 1 aliphatic heterocycles. The van der Waals surface area contributed by atoms with Crippen LogP contribution in [0.25, 0.3) is 0 Å². The summed E-state index contributed by atoms with van der Waals surface area (Å²) in [6, 6.07) is 8.97. The molecule has 0 aromatic heterocycles. The minimum Gasteiger partial charge on any atom is -0.315 e. The summed E-state index contributed by atoms with van der Waals surface area (Å²) in [6.07, 6.45) is 5.24. The van der Waals surface area contributed by atoms with Gasteiger partial charge in [0, 0.05) is 24.2 Å². The van der Waals surface area contributed by atoms with Crippen molar-refractivity contribution in [3.8, 4) is 0 Å². The predicted octanol–water partition coefficient (Wildman–Crippen LogP) is 3.69. The van der Waals surface area contributed by atoms with Crippen LogP contribution in [0.2, 0.25) is 5.02 Å². The van der Waals surface area contributed by atoms with Crippen LogP contribution in [-0.2, 0) is 6.54 Å². The second-order valence-corrected chi connectivity index (χ2v) is 5.89. The number of benzene rings is 1. The molecule has 2 nitrogen and oxygen atoms in total. The highest BCUT2D eigenvalue weighted by molar-refractivity contribution is 6.30. The molecule has 19 heavy (non-hydrogen) atoms. The Morgan fingerprint density at radius 3 is 2.79 bits per heavy atom. The van der Waals surface area contributed by atoms with E-state index in [9.17, 15) is 0 Å². The molecule has 106 valence electrons. The first-order chi connectivity index (χ1) is 9.29. The van der Waals surface area contributed by atoms with Gasteiger partial charge < -0.3 is 5.32 Å². The minimum atomic E-state index is 0.691. The van der Waals surface area contributed by atoms with E-state index in [1.807, 2.05) is 12.1 Å². The van der Waals surface area contributed by atoms with Gasteiger partial charge in [0.1, 0.15) is 0 Å². The summed E-state index contributed by atoms with van der Waals surface area (Å²) in [5, 5.41) is 4.39. The molecule has 1 fully saturated rings. The summed E-state index contributed by atoms with van der Waals surface area (Å²) in [5.41, 5.74) is 1.37. The highest BCUT2D eigenvalue weighted by Crippen LogP contribution is 2.20. The van der Waals surface area contributed by atoms with E-state index in [4.69, 9.17) is 11.6 Å². The zero-order chi connectivity index (χ0) is 13.5. The lowest BCUT2D eigenvalue weighted by Gasteiger charge is -2.36. The van der Waals surface area contributed by atoms with E-state index in [1.165, 1.54) is 37.8 Å². The monoisotopic (exact) mass is 280 g/mol. The number of hydrogen-bond donors (Lipinski definition) is 1. The smallest absolute Gasteiger partial charge is 0.0406 e. The second kappa shape index (κ2) is 7.88. The van der Waals surface area contributed by atoms with Crippen LogP contribution in [-0.4, -0.2) is 30.6 Å². The van der Waals surface area contributed by atoms with Crippen LogP contribution in [0.4, 0.5) is 0 Å². The van der Waals surface area contributed by atoms with Crippen LogP contribution < -0.4 is 5.32 Å². The van der Waals surface area contributed by atoms with Crippen LogP contribution in [0.15, 0.2) is 24.3 Å². The lowest BCUT2D eigenvalue weighted by molar-refractivity contribution is 0.137. The fourth-order valence-electron chi connectivity index (χ4n) is 2.77. The van der Waals surface area contributed by atoms with Crippen molar-refractivity contribution in [3.63, 3.8) is 0 Å². The molecule has 0 bridgehead atoms. The normalized spacial score (nSPS) is 20.6. The molecule has 0 saturated carbocycles. The molecule has 1 saturated heterocycles. The van der Waals surface area contributed by atoms with Crippen molar-refractivity contribution < 1.29 is 0 Å². The zero-order valence-corrected chi connectivity index (χ0v) is 12.6. The molecular weight excluding hydrogens is 256 g/mol. The summed E-state index contributed by atoms with van der Waals surface area (Å²) >= 11 is 5.94. The van der Waals surface area contributed by atoms with E-state index in [0.29, 0.717) is 6.04 Å². The number of nitrogens with one attached hydrogen (secondary N) is 1. The fraction of sp³-hybridized carbons (Fsp3) is 0.625. The van der Waals surface area contributed by atoms with Crippen molar-refractivity contribution in [3.05, 3.63) is 34.9 Å². The van der Waals surface area contributed by atoms with E-state index in [0.717, 1.165) is 24.7 Å². The largest absolute Gasteiger partial charge is 0.315 e. The van der Waals surface area contributed by atoms with E-state index in [-0.39, 0.29) is 0 Å². The first-order valence-corrected chi connectivity index (χ1v) is 7.86. The standard InChI is InChI=1S/C16H25ClN2/c1-2-10-18-12-16-5-3-4-11-19(16)13-14-6-8-15(17)9-7-14/h6-9,16,18H,2-5,10-13H2,1H3. The van der Waals surface area contributed by atoms with Gasteiger partial charge in [0.05, 0.1) is 0 Å². The van der Waals surface area contributed by atoms with Gasteiger partial charge in [-0.25, -0.2) is 0 Å². The number of likely N-dealkylation sites (tertiary alicyclic amines) is 1. The van der Waals surface area contributed by atoms with Crippen LogP contribution >= 0.6 is 11.6 Å². The van der Waals surface area contributed by atoms with Gasteiger partial charge in [0.15, 0.2) is 0 Å². The predicted molar refractivity (Wildman–Crippen MR) is 82.7 cm³/mol. The maximum absolute atomic E-state index is 5.94. The summed E-state index contributed by atoms with van der Waals surface area (Å²) in [6.45, 7) is 6.75. The van der Waals surface area contributed by atoms with Gasteiger partial charge in [-0.1, -0.05) is 37.1 Å². The van der Waals surface area contributed by atoms with E-state index in [1.54, 1.807) is 0 Å². The second-order valence-electron chi connectivity index (χ2n) is 5.45. The number of rotatable bonds is 6. The summed E-state index contributed by atoms with van der Waals surface area (Å²) in [7, 11) is 0. The highest BCUT2D eigenvalue weighted by atomic mass is 35.5. The van der Waals surface area contributed by atoms with E-state index >= 15 is 0 Å². The lowest BCUT2D eigenvalue weighted by atomic mass is 10.0. The van der Waals surface area contributed by atoms with Gasteiger partial charge in [-0.3, -0.25) is 4.90 Å². The molecule has 1 heterocycles. The van der Waals surface area contributed by atoms with Crippen molar-refractivity contribution in [2.24, 2.45) is 0 Å². The Kier molecular flexibility index (Phi) is 6.15. The minimum absolute atomic E-state index is 0.691. The van der Waals surface area contributed by atoms with Crippen LogP contribution in [0.1, 0.15) is 38.2 Å². The summed E-state index contributed by atoms with van der Waals surface area (Å²) < 4.78 is 0. The highest BCUT2D eigenvalue weighted by Gasteiger charge is 2.21. The van der Waals surface area contributed by atoms with Gasteiger partial charge in [-0.05, 0) is 50.0 Å². The number of nitrogens with zero attached hydrogens (tertiary/aromatic N) is 1. The molecule has 0 spiro atoms. The van der Waals surface area contributed by atoms with Gasteiger partial charge in [0.2, 0.25) is 0 Å². The van der Waals surface area contributed by atoms with E-state index in [2.05, 4.69) is 29.3 Å². The lowest BCUT2D eigenvalue weighted by Crippen LogP contribution is -2.45. The quantitative estimate of drug-likeness (QED) is 0.800. The van der Waals surface area contributed by atoms with E-state index < -0.39 is 0 Å². The fourth-order valence-corrected chi connectivity index (χ4v) is 2.90. The molecule has 1 atom stereocenters. The van der Waals surface area contributed by atoms with Gasteiger partial charge >= 0.3 is 0 Å². The molecule has 3 heteroatoms. The average molecular weight is 281 g/mol. The van der Waals surface area contributed by atoms with Crippen molar-refractivity contribution in [1.29, 1.82) is 0 Å². The Bertz CT molecular complexity index is 364. The Balaban J connectivity index is 1.89. The van der Waals surface area contributed by atoms with Crippen molar-refractivity contribution in [1.82, 2.24) is 10.2 Å². The molecule has 1 N–H and O–H groups in total. The van der Waals surface area contributed by atoms with Gasteiger partial charge in [-0.15, -0.1) is 0 Å². The van der Waals surface area contributed by atoms with Crippen molar-refractivity contribution in [2.45, 2.75) is 45.2 Å². The number of hydrogen-bond acceptors (Lipinski definition) is 2. The molecule has 1 aromatic rings. The van der Waals surface area contributed by atoms with Crippen molar-refractivity contribution >= 4 is 11.6 Å². The molecule has 2 rings (SSSR count). The Morgan fingerprint density at radius 1 is 1.26 bits per heavy atom. The maximum Gasteiger partial charge on any atom is 0.0406 e. The topological polar surface area (TPSA) is 15.3 Å². The van der Waals surface area contributed by atoms with Crippen LogP contribution in [0.5, 0.6) is 0 Å². The Hall–Kier alpha value is -0.570. The molecule has 0 amide bonds. The van der Waals surface area contributed by atoms with Crippen LogP contribution in [0, 0.1) is 0 Å². The van der Waals surface area contributed by atoms with Crippen LogP contribution in [0.3, 0.4) is 0 Å². The average Bonchev–Trinajstić information content (AvgIpc) is 2.43. The third-order valence-electron chi connectivity index (χ3n) is 3.85. The summed E-state index contributed by atoms with van der Waals surface area (Å²) in [5.74, 6) is 0. The molecule has 1 aromatic carbocycles. The molecule has 0 aliphatic carbocycles. The number of halogens is 1. The van der Waals surface area contributed by atoms with Gasteiger partial charge in [0.25, 0.3) is 0 Å². The third-order valence-corrected chi connectivity index (χ3v) is 4.11. The first-order valence-electron chi connectivity index (χ1n) is 7.49. The SMILES string of the molecule is CCCNCC1CCCCN1Cc1ccc(Cl)cc1. The number of piperidine rings is 1. The molecule has 1 unspecified atom stereocenters. The molecule has 0 radical (unpaired) electrons.